The van der Waals surface area contributed by atoms with Gasteiger partial charge in [-0.25, -0.2) is 8.42 Å². The summed E-state index contributed by atoms with van der Waals surface area (Å²) in [4.78, 5) is 13.7. The van der Waals surface area contributed by atoms with E-state index < -0.39 is 10.0 Å². The maximum Gasteiger partial charge on any atom is 0.261 e. The van der Waals surface area contributed by atoms with Crippen molar-refractivity contribution in [3.05, 3.63) is 48.0 Å². The normalized spacial score (nSPS) is 15.8. The first-order valence-corrected chi connectivity index (χ1v) is 11.9. The molecule has 1 atom stereocenters. The third-order valence-electron chi connectivity index (χ3n) is 4.88. The largest absolute Gasteiger partial charge is 0.309 e. The third kappa shape index (κ3) is 3.65. The summed E-state index contributed by atoms with van der Waals surface area (Å²) in [6.07, 6.45) is 2.47. The number of benzene rings is 2. The highest BCUT2D eigenvalue weighted by atomic mass is 32.2. The van der Waals surface area contributed by atoms with Gasteiger partial charge in [0.25, 0.3) is 10.0 Å². The number of hydrogen-bond acceptors (Lipinski definition) is 7. The van der Waals surface area contributed by atoms with Crippen molar-refractivity contribution in [1.29, 1.82) is 0 Å². The molecule has 3 aromatic rings. The number of anilines is 2. The van der Waals surface area contributed by atoms with Gasteiger partial charge < -0.3 is 4.90 Å². The van der Waals surface area contributed by atoms with E-state index in [4.69, 9.17) is 0 Å². The summed E-state index contributed by atoms with van der Waals surface area (Å²) >= 11 is 1.39. The minimum atomic E-state index is -3.81. The third-order valence-corrected chi connectivity index (χ3v) is 6.88. The Balaban J connectivity index is 1.63. The van der Waals surface area contributed by atoms with Gasteiger partial charge in [-0.1, -0.05) is 17.8 Å². The number of fused-ring (bicyclic) bond motifs is 1. The first kappa shape index (κ1) is 20.4. The highest BCUT2D eigenvalue weighted by Crippen LogP contribution is 2.34. The van der Waals surface area contributed by atoms with Crippen LogP contribution in [0.3, 0.4) is 0 Å². The Labute approximate surface area is 178 Å². The van der Waals surface area contributed by atoms with E-state index in [9.17, 15) is 13.2 Å². The first-order chi connectivity index (χ1) is 14.3. The molecule has 1 amide bonds. The molecule has 0 bridgehead atoms. The summed E-state index contributed by atoms with van der Waals surface area (Å²) in [6, 6.07) is 11.7. The van der Waals surface area contributed by atoms with Gasteiger partial charge in [0.1, 0.15) is 0 Å². The Morgan fingerprint density at radius 2 is 2.03 bits per heavy atom. The number of thioether (sulfide) groups is 1. The lowest BCUT2D eigenvalue weighted by Gasteiger charge is -2.20. The molecule has 30 heavy (non-hydrogen) atoms. The second-order valence-corrected chi connectivity index (χ2v) is 9.42. The molecular formula is C19H20N6O3S2. The lowest BCUT2D eigenvalue weighted by Crippen LogP contribution is -2.33. The van der Waals surface area contributed by atoms with Crippen LogP contribution in [0.25, 0.3) is 5.69 Å². The van der Waals surface area contributed by atoms with Crippen LogP contribution in [0, 0.1) is 0 Å². The predicted molar refractivity (Wildman–Crippen MR) is 115 cm³/mol. The fraction of sp³-hybridized carbons (Fsp3) is 0.263. The molecule has 1 N–H and O–H groups in total. The van der Waals surface area contributed by atoms with E-state index in [0.717, 1.165) is 11.3 Å². The van der Waals surface area contributed by atoms with Crippen LogP contribution >= 0.6 is 11.8 Å². The average molecular weight is 445 g/mol. The second kappa shape index (κ2) is 7.73. The molecule has 0 spiro atoms. The fourth-order valence-electron chi connectivity index (χ4n) is 3.64. The summed E-state index contributed by atoms with van der Waals surface area (Å²) in [6.45, 7) is 3.46. The molecule has 0 saturated carbocycles. The van der Waals surface area contributed by atoms with E-state index in [0.29, 0.717) is 23.0 Å². The topological polar surface area (TPSA) is 110 Å². The molecule has 0 unspecified atom stereocenters. The zero-order valence-electron chi connectivity index (χ0n) is 16.6. The molecule has 9 nitrogen and oxygen atoms in total. The van der Waals surface area contributed by atoms with Crippen molar-refractivity contribution in [2.24, 2.45) is 0 Å². The Morgan fingerprint density at radius 1 is 1.23 bits per heavy atom. The van der Waals surface area contributed by atoms with Gasteiger partial charge in [0.2, 0.25) is 11.1 Å². The van der Waals surface area contributed by atoms with Gasteiger partial charge in [-0.3, -0.25) is 9.52 Å². The summed E-state index contributed by atoms with van der Waals surface area (Å²) in [7, 11) is -3.81. The van der Waals surface area contributed by atoms with Gasteiger partial charge in [-0.15, -0.1) is 5.10 Å². The summed E-state index contributed by atoms with van der Waals surface area (Å²) in [5, 5.41) is 12.1. The second-order valence-electron chi connectivity index (χ2n) is 6.97. The maximum absolute atomic E-state index is 13.0. The predicted octanol–water partition coefficient (Wildman–Crippen LogP) is 2.48. The van der Waals surface area contributed by atoms with E-state index in [1.165, 1.54) is 29.4 Å². The van der Waals surface area contributed by atoms with E-state index in [1.54, 1.807) is 41.3 Å². The number of sulfonamides is 1. The molecule has 11 heteroatoms. The molecule has 0 aliphatic carbocycles. The van der Waals surface area contributed by atoms with Gasteiger partial charge in [-0.2, -0.15) is 4.68 Å². The van der Waals surface area contributed by atoms with Crippen molar-refractivity contribution in [3.8, 4) is 5.69 Å². The zero-order chi connectivity index (χ0) is 21.5. The monoisotopic (exact) mass is 444 g/mol. The molecule has 0 saturated heterocycles. The number of nitrogens with one attached hydrogen (secondary N) is 1. The first-order valence-electron chi connectivity index (χ1n) is 9.18. The summed E-state index contributed by atoms with van der Waals surface area (Å²) < 4.78 is 30.1. The zero-order valence-corrected chi connectivity index (χ0v) is 18.2. The molecule has 156 valence electrons. The van der Waals surface area contributed by atoms with E-state index in [-0.39, 0.29) is 16.8 Å². The van der Waals surface area contributed by atoms with Gasteiger partial charge in [0.15, 0.2) is 0 Å². The fourth-order valence-corrected chi connectivity index (χ4v) is 5.17. The number of hydrogen-bond donors (Lipinski definition) is 1. The van der Waals surface area contributed by atoms with Crippen molar-refractivity contribution in [3.63, 3.8) is 0 Å². The van der Waals surface area contributed by atoms with Gasteiger partial charge in [-0.05, 0) is 72.0 Å². The summed E-state index contributed by atoms with van der Waals surface area (Å²) in [5.41, 5.74) is 2.64. The molecule has 1 aliphatic heterocycles. The standard InChI is InChI=1S/C19H20N6O3S2/c1-12-9-14-10-17(7-8-18(14)24(12)13(2)26)30(27,28)21-15-5-4-6-16(11-15)25-19(29-3)20-22-23-25/h4-8,10-12,21H,9H2,1-3H3/t12-/m1/s1. The van der Waals surface area contributed by atoms with Crippen molar-refractivity contribution in [2.45, 2.75) is 36.4 Å². The van der Waals surface area contributed by atoms with Crippen LogP contribution < -0.4 is 9.62 Å². The van der Waals surface area contributed by atoms with Crippen LogP contribution in [0.4, 0.5) is 11.4 Å². The Kier molecular flexibility index (Phi) is 5.24. The molecule has 2 aromatic carbocycles. The minimum Gasteiger partial charge on any atom is -0.309 e. The number of amides is 1. The Morgan fingerprint density at radius 3 is 2.77 bits per heavy atom. The van der Waals surface area contributed by atoms with Crippen LogP contribution in [0.15, 0.2) is 52.5 Å². The van der Waals surface area contributed by atoms with Gasteiger partial charge >= 0.3 is 0 Å². The lowest BCUT2D eigenvalue weighted by molar-refractivity contribution is -0.116. The summed E-state index contributed by atoms with van der Waals surface area (Å²) in [5.74, 6) is -0.0565. The SMILES string of the molecule is CSc1nnnn1-c1cccc(NS(=O)(=O)c2ccc3c(c2)C[C@@H](C)N3C(C)=O)c1. The smallest absolute Gasteiger partial charge is 0.261 e. The number of aromatic nitrogens is 4. The molecule has 0 fully saturated rings. The number of carbonyl (C=O) groups is 1. The van der Waals surface area contributed by atoms with Crippen molar-refractivity contribution >= 4 is 39.1 Å². The van der Waals surface area contributed by atoms with E-state index >= 15 is 0 Å². The molecular weight excluding hydrogens is 424 g/mol. The van der Waals surface area contributed by atoms with Crippen molar-refractivity contribution < 1.29 is 13.2 Å². The number of rotatable bonds is 5. The Hall–Kier alpha value is -2.92. The maximum atomic E-state index is 13.0. The van der Waals surface area contributed by atoms with Crippen molar-refractivity contribution in [2.75, 3.05) is 15.9 Å². The highest BCUT2D eigenvalue weighted by Gasteiger charge is 2.30. The number of carbonyl (C=O) groups excluding carboxylic acids is 1. The van der Waals surface area contributed by atoms with Crippen LogP contribution in [-0.4, -0.2) is 46.8 Å². The van der Waals surface area contributed by atoms with Crippen LogP contribution in [-0.2, 0) is 21.2 Å². The number of tetrazole rings is 1. The van der Waals surface area contributed by atoms with Gasteiger partial charge in [0.05, 0.1) is 16.3 Å². The molecule has 4 rings (SSSR count). The van der Waals surface area contributed by atoms with Crippen molar-refractivity contribution in [1.82, 2.24) is 20.2 Å². The van der Waals surface area contributed by atoms with Crippen LogP contribution in [0.5, 0.6) is 0 Å². The minimum absolute atomic E-state index is 0.00187. The highest BCUT2D eigenvalue weighted by molar-refractivity contribution is 7.98. The number of nitrogens with zero attached hydrogens (tertiary/aromatic N) is 5. The quantitative estimate of drug-likeness (QED) is 0.602. The van der Waals surface area contributed by atoms with E-state index in [1.807, 2.05) is 13.2 Å². The van der Waals surface area contributed by atoms with E-state index in [2.05, 4.69) is 20.2 Å². The molecule has 1 aliphatic rings. The van der Waals surface area contributed by atoms with Gasteiger partial charge in [0, 0.05) is 18.7 Å². The molecule has 0 radical (unpaired) electrons. The van der Waals surface area contributed by atoms with Crippen LogP contribution in [0.1, 0.15) is 19.4 Å². The molecule has 2 heterocycles. The molecule has 1 aromatic heterocycles. The lowest BCUT2D eigenvalue weighted by atomic mass is 10.1. The van der Waals surface area contributed by atoms with Crippen LogP contribution in [0.2, 0.25) is 0 Å². The average Bonchev–Trinajstić information content (AvgIpc) is 3.30. The Bertz CT molecular complexity index is 1220.